The molecule has 5 rings (SSSR count). The molecule has 4 heterocycles. The number of piperazine rings is 1. The van der Waals surface area contributed by atoms with Crippen LogP contribution in [-0.2, 0) is 0 Å². The van der Waals surface area contributed by atoms with Crippen LogP contribution in [0.1, 0.15) is 45.1 Å². The van der Waals surface area contributed by atoms with Crippen molar-refractivity contribution in [3.63, 3.8) is 0 Å². The number of fused-ring (bicyclic) bond motifs is 1. The molecule has 1 fully saturated rings. The van der Waals surface area contributed by atoms with Crippen LogP contribution in [0, 0.1) is 5.82 Å². The van der Waals surface area contributed by atoms with E-state index in [1.54, 1.807) is 12.1 Å². The minimum atomic E-state index is -4.57. The molecule has 1 saturated heterocycles. The Bertz CT molecular complexity index is 1230. The number of halogens is 4. The number of alkyl halides is 3. The van der Waals surface area contributed by atoms with E-state index in [-0.39, 0.29) is 55.6 Å². The van der Waals surface area contributed by atoms with Gasteiger partial charge < -0.3 is 19.5 Å². The van der Waals surface area contributed by atoms with Crippen molar-refractivity contribution in [1.82, 2.24) is 19.6 Å². The van der Waals surface area contributed by atoms with Gasteiger partial charge in [0.15, 0.2) is 11.7 Å². The summed E-state index contributed by atoms with van der Waals surface area (Å²) in [4.78, 5) is 28.6. The zero-order valence-corrected chi connectivity index (χ0v) is 18.3. The molecule has 0 spiro atoms. The number of hydrogen-bond donors (Lipinski definition) is 1. The second kappa shape index (κ2) is 8.75. The summed E-state index contributed by atoms with van der Waals surface area (Å²) in [5.41, 5.74) is 0.0914. The van der Waals surface area contributed by atoms with Crippen molar-refractivity contribution in [2.24, 2.45) is 0 Å². The molecule has 3 aromatic rings. The third kappa shape index (κ3) is 4.47. The molecule has 2 aliphatic rings. The van der Waals surface area contributed by atoms with Gasteiger partial charge in [0.25, 0.3) is 11.8 Å². The Morgan fingerprint density at radius 2 is 1.71 bits per heavy atom. The Kier molecular flexibility index (Phi) is 5.73. The second-order valence-electron chi connectivity index (χ2n) is 8.46. The summed E-state index contributed by atoms with van der Waals surface area (Å²) in [5.74, 6) is -0.965. The molecule has 1 N–H and O–H groups in total. The van der Waals surface area contributed by atoms with Crippen LogP contribution in [0.2, 0.25) is 0 Å². The summed E-state index contributed by atoms with van der Waals surface area (Å²) in [6, 6.07) is 7.20. The van der Waals surface area contributed by atoms with Crippen LogP contribution < -0.4 is 5.32 Å². The molecule has 2 amide bonds. The van der Waals surface area contributed by atoms with Gasteiger partial charge in [-0.25, -0.2) is 9.07 Å². The molecule has 184 valence electrons. The minimum Gasteiger partial charge on any atom is -0.467 e. The molecule has 8 nitrogen and oxygen atoms in total. The Balaban J connectivity index is 1.30. The number of nitrogens with zero attached hydrogens (tertiary/aromatic N) is 4. The summed E-state index contributed by atoms with van der Waals surface area (Å²) >= 11 is 0. The highest BCUT2D eigenvalue weighted by atomic mass is 19.4. The molecule has 0 bridgehead atoms. The molecule has 0 aliphatic carbocycles. The van der Waals surface area contributed by atoms with E-state index in [1.807, 2.05) is 0 Å². The maximum atomic E-state index is 13.8. The smallest absolute Gasteiger partial charge is 0.410 e. The standard InChI is InChI=1S/C23H21F4N5O3/c24-15-4-1-3-14(11-15)21(33)30-6-8-31(9-7-30)22(34)17-13-20-28-16(18-5-2-10-35-18)12-19(23(25,26)27)32(20)29-17/h1-5,10-11,13,16,19,28H,6-9,12H2. The second-order valence-corrected chi connectivity index (χ2v) is 8.46. The molecular formula is C23H21F4N5O3. The highest BCUT2D eigenvalue weighted by Crippen LogP contribution is 2.43. The number of benzene rings is 1. The lowest BCUT2D eigenvalue weighted by Crippen LogP contribution is -2.50. The third-order valence-electron chi connectivity index (χ3n) is 6.22. The van der Waals surface area contributed by atoms with Crippen molar-refractivity contribution in [3.05, 3.63) is 71.6 Å². The van der Waals surface area contributed by atoms with Gasteiger partial charge >= 0.3 is 6.18 Å². The van der Waals surface area contributed by atoms with Gasteiger partial charge in [-0.15, -0.1) is 0 Å². The van der Waals surface area contributed by atoms with Gasteiger partial charge in [0.2, 0.25) is 0 Å². The highest BCUT2D eigenvalue weighted by Gasteiger charge is 2.47. The first kappa shape index (κ1) is 22.9. The fourth-order valence-corrected chi connectivity index (χ4v) is 4.43. The quantitative estimate of drug-likeness (QED) is 0.563. The SMILES string of the molecule is O=C(c1cccc(F)c1)N1CCN(C(=O)c2cc3n(n2)C(C(F)(F)F)CC(c2ccco2)N3)CC1. The zero-order chi connectivity index (χ0) is 24.7. The molecule has 2 aromatic heterocycles. The third-order valence-corrected chi connectivity index (χ3v) is 6.22. The van der Waals surface area contributed by atoms with Gasteiger partial charge in [-0.2, -0.15) is 18.3 Å². The predicted octanol–water partition coefficient (Wildman–Crippen LogP) is 3.87. The lowest BCUT2D eigenvalue weighted by molar-refractivity contribution is -0.174. The number of amides is 2. The molecule has 0 radical (unpaired) electrons. The highest BCUT2D eigenvalue weighted by molar-refractivity contribution is 5.95. The van der Waals surface area contributed by atoms with Crippen molar-refractivity contribution in [2.75, 3.05) is 31.5 Å². The first-order valence-electron chi connectivity index (χ1n) is 11.0. The Labute approximate surface area is 197 Å². The van der Waals surface area contributed by atoms with Crippen LogP contribution in [0.25, 0.3) is 0 Å². The zero-order valence-electron chi connectivity index (χ0n) is 18.3. The molecule has 2 atom stereocenters. The number of hydrogen-bond acceptors (Lipinski definition) is 5. The van der Waals surface area contributed by atoms with E-state index < -0.39 is 30.0 Å². The maximum absolute atomic E-state index is 13.8. The Morgan fingerprint density at radius 3 is 2.34 bits per heavy atom. The predicted molar refractivity (Wildman–Crippen MR) is 115 cm³/mol. The summed E-state index contributed by atoms with van der Waals surface area (Å²) in [6.07, 6.45) is -3.52. The fraction of sp³-hybridized carbons (Fsp3) is 0.348. The summed E-state index contributed by atoms with van der Waals surface area (Å²) in [5, 5.41) is 6.97. The number of carbonyl (C=O) groups excluding carboxylic acids is 2. The van der Waals surface area contributed by atoms with E-state index in [1.165, 1.54) is 40.3 Å². The topological polar surface area (TPSA) is 83.6 Å². The number of nitrogens with one attached hydrogen (secondary N) is 1. The van der Waals surface area contributed by atoms with Gasteiger partial charge in [0.05, 0.1) is 12.3 Å². The van der Waals surface area contributed by atoms with Crippen LogP contribution in [0.5, 0.6) is 0 Å². The molecule has 0 saturated carbocycles. The average molecular weight is 491 g/mol. The molecule has 1 aromatic carbocycles. The summed E-state index contributed by atoms with van der Waals surface area (Å²) in [7, 11) is 0. The summed E-state index contributed by atoms with van der Waals surface area (Å²) < 4.78 is 60.9. The normalized spacial score (nSPS) is 20.3. The van der Waals surface area contributed by atoms with Gasteiger partial charge in [0, 0.05) is 44.2 Å². The largest absolute Gasteiger partial charge is 0.467 e. The van der Waals surface area contributed by atoms with Crippen LogP contribution >= 0.6 is 0 Å². The fourth-order valence-electron chi connectivity index (χ4n) is 4.43. The molecule has 35 heavy (non-hydrogen) atoms. The lowest BCUT2D eigenvalue weighted by Gasteiger charge is -2.34. The Morgan fingerprint density at radius 1 is 1.00 bits per heavy atom. The van der Waals surface area contributed by atoms with Gasteiger partial charge in [0.1, 0.15) is 17.4 Å². The molecular weight excluding hydrogens is 470 g/mol. The minimum absolute atomic E-state index is 0.0724. The Hall–Kier alpha value is -3.83. The van der Waals surface area contributed by atoms with E-state index in [2.05, 4.69) is 10.4 Å². The number of furan rings is 1. The maximum Gasteiger partial charge on any atom is 0.410 e. The average Bonchev–Trinajstić information content (AvgIpc) is 3.52. The number of carbonyl (C=O) groups is 2. The van der Waals surface area contributed by atoms with Crippen molar-refractivity contribution in [3.8, 4) is 0 Å². The van der Waals surface area contributed by atoms with Crippen molar-refractivity contribution < 1.29 is 31.6 Å². The van der Waals surface area contributed by atoms with Gasteiger partial charge in [-0.05, 0) is 30.3 Å². The van der Waals surface area contributed by atoms with E-state index >= 15 is 0 Å². The number of rotatable bonds is 3. The van der Waals surface area contributed by atoms with Crippen LogP contribution in [0.4, 0.5) is 23.4 Å². The lowest BCUT2D eigenvalue weighted by atomic mass is 10.0. The van der Waals surface area contributed by atoms with Crippen molar-refractivity contribution in [2.45, 2.75) is 24.7 Å². The number of aromatic nitrogens is 2. The molecule has 2 unspecified atom stereocenters. The van der Waals surface area contributed by atoms with Crippen molar-refractivity contribution >= 4 is 17.6 Å². The first-order chi connectivity index (χ1) is 16.7. The first-order valence-corrected chi connectivity index (χ1v) is 11.0. The summed E-state index contributed by atoms with van der Waals surface area (Å²) in [6.45, 7) is 0.762. The number of anilines is 1. The monoisotopic (exact) mass is 491 g/mol. The van der Waals surface area contributed by atoms with Gasteiger partial charge in [-0.1, -0.05) is 6.07 Å². The van der Waals surface area contributed by atoms with E-state index in [9.17, 15) is 27.2 Å². The molecule has 12 heteroatoms. The molecule has 2 aliphatic heterocycles. The van der Waals surface area contributed by atoms with Crippen LogP contribution in [0.3, 0.4) is 0 Å². The van der Waals surface area contributed by atoms with E-state index in [0.717, 1.165) is 10.7 Å². The van der Waals surface area contributed by atoms with Crippen LogP contribution in [-0.4, -0.2) is 63.7 Å². The van der Waals surface area contributed by atoms with Crippen molar-refractivity contribution in [1.29, 1.82) is 0 Å². The van der Waals surface area contributed by atoms with Crippen LogP contribution in [0.15, 0.2) is 53.1 Å². The van der Waals surface area contributed by atoms with E-state index in [0.29, 0.717) is 5.76 Å². The van der Waals surface area contributed by atoms with Gasteiger partial charge in [-0.3, -0.25) is 9.59 Å². The van der Waals surface area contributed by atoms with E-state index in [4.69, 9.17) is 4.42 Å².